The number of ether oxygens (including phenoxy) is 2. The van der Waals surface area contributed by atoms with Gasteiger partial charge in [0.15, 0.2) is 11.6 Å². The number of benzene rings is 1. The van der Waals surface area contributed by atoms with E-state index in [-0.39, 0.29) is 23.7 Å². The molecule has 1 amide bonds. The second kappa shape index (κ2) is 5.54. The van der Waals surface area contributed by atoms with Crippen molar-refractivity contribution in [1.29, 1.82) is 0 Å². The average molecular weight is 295 g/mol. The molecule has 0 fully saturated rings. The number of hydrogen-bond donors (Lipinski definition) is 0. The summed E-state index contributed by atoms with van der Waals surface area (Å²) >= 11 is 0. The Kier molecular flexibility index (Phi) is 4.12. The fourth-order valence-electron chi connectivity index (χ4n) is 2.54. The van der Waals surface area contributed by atoms with E-state index in [0.29, 0.717) is 13.0 Å². The van der Waals surface area contributed by atoms with Gasteiger partial charge in [-0.1, -0.05) is 0 Å². The van der Waals surface area contributed by atoms with Gasteiger partial charge in [-0.3, -0.25) is 0 Å². The van der Waals surface area contributed by atoms with Crippen LogP contribution in [0.25, 0.3) is 0 Å². The van der Waals surface area contributed by atoms with Gasteiger partial charge in [0.05, 0.1) is 13.2 Å². The first-order valence-corrected chi connectivity index (χ1v) is 7.09. The Morgan fingerprint density at radius 2 is 2.05 bits per heavy atom. The van der Waals surface area contributed by atoms with Crippen molar-refractivity contribution in [2.24, 2.45) is 0 Å². The molecule has 1 aliphatic heterocycles. The van der Waals surface area contributed by atoms with Crippen molar-refractivity contribution in [3.63, 3.8) is 0 Å². The maximum Gasteiger partial charge on any atom is 0.410 e. The van der Waals surface area contributed by atoms with E-state index < -0.39 is 5.60 Å². The molecule has 0 radical (unpaired) electrons. The number of amides is 1. The number of rotatable bonds is 1. The highest BCUT2D eigenvalue weighted by Crippen LogP contribution is 2.34. The molecule has 0 unspecified atom stereocenters. The molecule has 1 heterocycles. The Labute approximate surface area is 124 Å². The molecule has 0 bridgehead atoms. The van der Waals surface area contributed by atoms with Gasteiger partial charge in [0.2, 0.25) is 0 Å². The van der Waals surface area contributed by atoms with Gasteiger partial charge in [-0.15, -0.1) is 0 Å². The first-order chi connectivity index (χ1) is 9.73. The lowest BCUT2D eigenvalue weighted by atomic mass is 9.93. The van der Waals surface area contributed by atoms with E-state index in [0.717, 1.165) is 11.1 Å². The van der Waals surface area contributed by atoms with E-state index in [1.165, 1.54) is 13.2 Å². The number of fused-ring (bicyclic) bond motifs is 1. The third kappa shape index (κ3) is 3.28. The quantitative estimate of drug-likeness (QED) is 0.793. The summed E-state index contributed by atoms with van der Waals surface area (Å²) in [5.74, 6) is -0.166. The van der Waals surface area contributed by atoms with Crippen molar-refractivity contribution in [2.45, 2.75) is 45.8 Å². The molecule has 4 nitrogen and oxygen atoms in total. The number of methoxy groups -OCH3 is 1. The van der Waals surface area contributed by atoms with Crippen LogP contribution < -0.4 is 4.74 Å². The normalized spacial score (nSPS) is 18.2. The van der Waals surface area contributed by atoms with Crippen molar-refractivity contribution >= 4 is 6.09 Å². The topological polar surface area (TPSA) is 38.8 Å². The molecule has 1 atom stereocenters. The zero-order valence-electron chi connectivity index (χ0n) is 13.2. The summed E-state index contributed by atoms with van der Waals surface area (Å²) in [4.78, 5) is 13.9. The van der Waals surface area contributed by atoms with Crippen LogP contribution in [-0.4, -0.2) is 30.2 Å². The van der Waals surface area contributed by atoms with Crippen LogP contribution in [0.3, 0.4) is 0 Å². The van der Waals surface area contributed by atoms with Gasteiger partial charge in [-0.05, 0) is 57.4 Å². The number of nitrogens with zero attached hydrogens (tertiary/aromatic N) is 1. The van der Waals surface area contributed by atoms with Crippen molar-refractivity contribution in [2.75, 3.05) is 13.7 Å². The van der Waals surface area contributed by atoms with Crippen LogP contribution in [0, 0.1) is 5.82 Å². The standard InChI is InChI=1S/C16H22FNO3/c1-10-12-9-14(20-5)13(17)8-11(12)6-7-18(10)15(19)21-16(2,3)4/h8-10H,6-7H2,1-5H3/t10-/m1/s1. The van der Waals surface area contributed by atoms with Gasteiger partial charge >= 0.3 is 6.09 Å². The lowest BCUT2D eigenvalue weighted by molar-refractivity contribution is 0.0159. The van der Waals surface area contributed by atoms with Crippen LogP contribution in [0.2, 0.25) is 0 Å². The molecule has 1 aliphatic rings. The molecule has 116 valence electrons. The molecule has 0 aromatic heterocycles. The van der Waals surface area contributed by atoms with Crippen LogP contribution in [0.4, 0.5) is 9.18 Å². The highest BCUT2D eigenvalue weighted by molar-refractivity contribution is 5.69. The zero-order chi connectivity index (χ0) is 15.8. The summed E-state index contributed by atoms with van der Waals surface area (Å²) in [6.45, 7) is 7.96. The maximum absolute atomic E-state index is 13.8. The third-order valence-electron chi connectivity index (χ3n) is 3.58. The van der Waals surface area contributed by atoms with E-state index in [1.807, 2.05) is 27.7 Å². The van der Waals surface area contributed by atoms with Crippen LogP contribution in [0.5, 0.6) is 5.75 Å². The fourth-order valence-corrected chi connectivity index (χ4v) is 2.54. The second-order valence-corrected chi connectivity index (χ2v) is 6.29. The predicted octanol–water partition coefficient (Wildman–Crippen LogP) is 3.69. The van der Waals surface area contributed by atoms with Crippen molar-refractivity contribution in [3.05, 3.63) is 29.1 Å². The molecule has 21 heavy (non-hydrogen) atoms. The average Bonchev–Trinajstić information content (AvgIpc) is 2.36. The van der Waals surface area contributed by atoms with E-state index in [9.17, 15) is 9.18 Å². The fraction of sp³-hybridized carbons (Fsp3) is 0.562. The molecule has 0 spiro atoms. The van der Waals surface area contributed by atoms with Crippen LogP contribution in [0.1, 0.15) is 44.9 Å². The lowest BCUT2D eigenvalue weighted by Gasteiger charge is -2.36. The third-order valence-corrected chi connectivity index (χ3v) is 3.58. The molecular weight excluding hydrogens is 273 g/mol. The SMILES string of the molecule is COc1cc2c(cc1F)CCN(C(=O)OC(C)(C)C)[C@@H]2C. The summed E-state index contributed by atoms with van der Waals surface area (Å²) < 4.78 is 24.2. The van der Waals surface area contributed by atoms with Crippen molar-refractivity contribution < 1.29 is 18.7 Å². The summed E-state index contributed by atoms with van der Waals surface area (Å²) in [6.07, 6.45) is 0.267. The Morgan fingerprint density at radius 1 is 1.38 bits per heavy atom. The monoisotopic (exact) mass is 295 g/mol. The first kappa shape index (κ1) is 15.6. The molecule has 0 saturated heterocycles. The molecule has 5 heteroatoms. The first-order valence-electron chi connectivity index (χ1n) is 7.09. The Hall–Kier alpha value is -1.78. The number of carbonyl (C=O) groups excluding carboxylic acids is 1. The molecule has 1 aromatic rings. The molecule has 0 aliphatic carbocycles. The Balaban J connectivity index is 2.27. The number of hydrogen-bond acceptors (Lipinski definition) is 3. The Bertz CT molecular complexity index is 551. The highest BCUT2D eigenvalue weighted by atomic mass is 19.1. The summed E-state index contributed by atoms with van der Waals surface area (Å²) in [5.41, 5.74) is 1.29. The van der Waals surface area contributed by atoms with Gasteiger partial charge in [-0.2, -0.15) is 0 Å². The van der Waals surface area contributed by atoms with Crippen molar-refractivity contribution in [1.82, 2.24) is 4.90 Å². The minimum atomic E-state index is -0.530. The molecule has 2 rings (SSSR count). The van der Waals surface area contributed by atoms with Crippen molar-refractivity contribution in [3.8, 4) is 5.75 Å². The van der Waals surface area contributed by atoms with E-state index in [1.54, 1.807) is 11.0 Å². The molecule has 0 N–H and O–H groups in total. The minimum Gasteiger partial charge on any atom is -0.494 e. The van der Waals surface area contributed by atoms with Gasteiger partial charge in [0.1, 0.15) is 5.60 Å². The van der Waals surface area contributed by atoms with Crippen LogP contribution in [0.15, 0.2) is 12.1 Å². The van der Waals surface area contributed by atoms with E-state index >= 15 is 0 Å². The van der Waals surface area contributed by atoms with Gasteiger partial charge in [0.25, 0.3) is 0 Å². The molecule has 1 aromatic carbocycles. The molecular formula is C16H22FNO3. The maximum atomic E-state index is 13.8. The highest BCUT2D eigenvalue weighted by Gasteiger charge is 2.31. The van der Waals surface area contributed by atoms with E-state index in [2.05, 4.69) is 0 Å². The largest absolute Gasteiger partial charge is 0.494 e. The summed E-state index contributed by atoms with van der Waals surface area (Å²) in [6, 6.07) is 3.00. The Morgan fingerprint density at radius 3 is 2.62 bits per heavy atom. The van der Waals surface area contributed by atoms with Gasteiger partial charge in [0, 0.05) is 6.54 Å². The summed E-state index contributed by atoms with van der Waals surface area (Å²) in [5, 5.41) is 0. The predicted molar refractivity (Wildman–Crippen MR) is 78.0 cm³/mol. The van der Waals surface area contributed by atoms with Crippen LogP contribution >= 0.6 is 0 Å². The second-order valence-electron chi connectivity index (χ2n) is 6.29. The van der Waals surface area contributed by atoms with Gasteiger partial charge in [-0.25, -0.2) is 9.18 Å². The van der Waals surface area contributed by atoms with Crippen LogP contribution in [-0.2, 0) is 11.2 Å². The number of carbonyl (C=O) groups is 1. The van der Waals surface area contributed by atoms with Gasteiger partial charge < -0.3 is 14.4 Å². The zero-order valence-corrected chi connectivity index (χ0v) is 13.2. The molecule has 0 saturated carbocycles. The minimum absolute atomic E-state index is 0.168. The number of halogens is 1. The smallest absolute Gasteiger partial charge is 0.410 e. The lowest BCUT2D eigenvalue weighted by Crippen LogP contribution is -2.42. The van der Waals surface area contributed by atoms with E-state index in [4.69, 9.17) is 9.47 Å². The summed E-state index contributed by atoms with van der Waals surface area (Å²) in [7, 11) is 1.43.